The quantitative estimate of drug-likeness (QED) is 0.314. The minimum Gasteiger partial charge on any atom is -0.467 e. The zero-order chi connectivity index (χ0) is 24.4. The van der Waals surface area contributed by atoms with Crippen molar-refractivity contribution in [1.82, 2.24) is 10.4 Å². The second-order valence-electron chi connectivity index (χ2n) is 7.48. The van der Waals surface area contributed by atoms with E-state index in [4.69, 9.17) is 14.2 Å². The second-order valence-corrected chi connectivity index (χ2v) is 7.48. The molecule has 8 nitrogen and oxygen atoms in total. The monoisotopic (exact) mass is 462 g/mol. The number of carbonyl (C=O) groups is 3. The summed E-state index contributed by atoms with van der Waals surface area (Å²) in [5.74, 6) is -0.779. The number of amides is 2. The van der Waals surface area contributed by atoms with Crippen molar-refractivity contribution in [3.63, 3.8) is 0 Å². The van der Waals surface area contributed by atoms with Crippen molar-refractivity contribution in [3.05, 3.63) is 108 Å². The number of esters is 1. The molecule has 3 aromatic rings. The van der Waals surface area contributed by atoms with Gasteiger partial charge in [0.15, 0.2) is 5.54 Å². The molecule has 0 saturated carbocycles. The predicted octanol–water partition coefficient (Wildman–Crippen LogP) is 4.56. The number of rotatable bonds is 7. The number of benzene rings is 3. The Hall–Kier alpha value is -4.33. The van der Waals surface area contributed by atoms with Gasteiger partial charge in [0.05, 0.1) is 7.11 Å². The van der Waals surface area contributed by atoms with Gasteiger partial charge in [-0.05, 0) is 23.6 Å². The molecule has 1 N–H and O–H groups in total. The van der Waals surface area contributed by atoms with E-state index in [1.54, 1.807) is 54.6 Å². The lowest BCUT2D eigenvalue weighted by Crippen LogP contribution is -2.60. The van der Waals surface area contributed by atoms with Crippen molar-refractivity contribution in [2.24, 2.45) is 0 Å². The SMILES string of the molecule is COC(=O)[C@@](C)(c1ccccc1)N(NC(=O)OCc1ccccc1)C(=O)OCc1ccccc1. The molecule has 2 amide bonds. The summed E-state index contributed by atoms with van der Waals surface area (Å²) < 4.78 is 15.7. The van der Waals surface area contributed by atoms with Gasteiger partial charge < -0.3 is 14.2 Å². The number of methoxy groups -OCH3 is 1. The first-order valence-electron chi connectivity index (χ1n) is 10.6. The van der Waals surface area contributed by atoms with Crippen LogP contribution >= 0.6 is 0 Å². The highest BCUT2D eigenvalue weighted by atomic mass is 16.6. The third kappa shape index (κ3) is 5.92. The molecule has 0 bridgehead atoms. The molecule has 0 saturated heterocycles. The Kier molecular flexibility index (Phi) is 8.23. The summed E-state index contributed by atoms with van der Waals surface area (Å²) in [6.45, 7) is 1.36. The minimum absolute atomic E-state index is 0.0279. The Morgan fingerprint density at radius 1 is 0.765 bits per heavy atom. The number of nitrogens with one attached hydrogen (secondary N) is 1. The molecule has 0 aromatic heterocycles. The van der Waals surface area contributed by atoms with Crippen LogP contribution in [0.25, 0.3) is 0 Å². The Balaban J connectivity index is 1.86. The van der Waals surface area contributed by atoms with Gasteiger partial charge in [0.2, 0.25) is 0 Å². The third-order valence-corrected chi connectivity index (χ3v) is 5.17. The van der Waals surface area contributed by atoms with Crippen LogP contribution in [0.1, 0.15) is 23.6 Å². The fourth-order valence-corrected chi connectivity index (χ4v) is 3.27. The molecule has 0 radical (unpaired) electrons. The average molecular weight is 463 g/mol. The summed E-state index contributed by atoms with van der Waals surface area (Å²) in [5.41, 5.74) is 2.54. The van der Waals surface area contributed by atoms with E-state index in [2.05, 4.69) is 5.43 Å². The van der Waals surface area contributed by atoms with Gasteiger partial charge in [0.1, 0.15) is 13.2 Å². The molecule has 1 atom stereocenters. The topological polar surface area (TPSA) is 94.2 Å². The lowest BCUT2D eigenvalue weighted by Gasteiger charge is -2.37. The zero-order valence-corrected chi connectivity index (χ0v) is 19.0. The van der Waals surface area contributed by atoms with Crippen molar-refractivity contribution >= 4 is 18.2 Å². The maximum atomic E-state index is 13.2. The smallest absolute Gasteiger partial charge is 0.430 e. The molecule has 176 valence electrons. The molecule has 8 heteroatoms. The van der Waals surface area contributed by atoms with Crippen molar-refractivity contribution in [1.29, 1.82) is 0 Å². The molecule has 0 fully saturated rings. The van der Waals surface area contributed by atoms with Crippen LogP contribution < -0.4 is 5.43 Å². The predicted molar refractivity (Wildman–Crippen MR) is 124 cm³/mol. The van der Waals surface area contributed by atoms with Gasteiger partial charge >= 0.3 is 18.2 Å². The standard InChI is InChI=1S/C26H26N2O6/c1-26(23(29)32-2,22-16-10-5-11-17-22)28(25(31)34-19-21-14-8-4-9-15-21)27-24(30)33-18-20-12-6-3-7-13-20/h3-17H,18-19H2,1-2H3,(H,27,30)/t26-/m1/s1. The number of hydrogen-bond donors (Lipinski definition) is 1. The third-order valence-electron chi connectivity index (χ3n) is 5.17. The highest BCUT2D eigenvalue weighted by Gasteiger charge is 2.47. The van der Waals surface area contributed by atoms with E-state index >= 15 is 0 Å². The summed E-state index contributed by atoms with van der Waals surface area (Å²) in [5, 5.41) is 0.796. The van der Waals surface area contributed by atoms with Crippen LogP contribution in [0, 0.1) is 0 Å². The Morgan fingerprint density at radius 2 is 1.24 bits per heavy atom. The van der Waals surface area contributed by atoms with Crippen LogP contribution in [0.3, 0.4) is 0 Å². The van der Waals surface area contributed by atoms with Crippen molar-refractivity contribution < 1.29 is 28.6 Å². The summed E-state index contributed by atoms with van der Waals surface area (Å²) in [7, 11) is 1.20. The van der Waals surface area contributed by atoms with E-state index in [1.807, 2.05) is 36.4 Å². The number of hydrogen-bond acceptors (Lipinski definition) is 6. The summed E-state index contributed by atoms with van der Waals surface area (Å²) in [6.07, 6.45) is -1.90. The summed E-state index contributed by atoms with van der Waals surface area (Å²) >= 11 is 0. The lowest BCUT2D eigenvalue weighted by atomic mass is 9.91. The Labute approximate surface area is 198 Å². The van der Waals surface area contributed by atoms with E-state index in [-0.39, 0.29) is 13.2 Å². The van der Waals surface area contributed by atoms with Gasteiger partial charge in [-0.1, -0.05) is 91.0 Å². The molecule has 34 heavy (non-hydrogen) atoms. The average Bonchev–Trinajstić information content (AvgIpc) is 2.90. The first-order valence-corrected chi connectivity index (χ1v) is 10.6. The van der Waals surface area contributed by atoms with E-state index < -0.39 is 23.7 Å². The molecule has 0 aliphatic rings. The summed E-state index contributed by atoms with van der Waals surface area (Å²) in [6, 6.07) is 26.6. The zero-order valence-electron chi connectivity index (χ0n) is 19.0. The van der Waals surface area contributed by atoms with E-state index in [0.29, 0.717) is 5.56 Å². The molecule has 0 unspecified atom stereocenters. The van der Waals surface area contributed by atoms with Gasteiger partial charge in [-0.3, -0.25) is 0 Å². The highest BCUT2D eigenvalue weighted by molar-refractivity contribution is 5.88. The van der Waals surface area contributed by atoms with Crippen molar-refractivity contribution in [3.8, 4) is 0 Å². The molecular formula is C26H26N2O6. The van der Waals surface area contributed by atoms with E-state index in [0.717, 1.165) is 16.1 Å². The maximum Gasteiger partial charge on any atom is 0.430 e. The number of nitrogens with zero attached hydrogens (tertiary/aromatic N) is 1. The highest BCUT2D eigenvalue weighted by Crippen LogP contribution is 2.29. The second kappa shape index (κ2) is 11.5. The van der Waals surface area contributed by atoms with Crippen LogP contribution in [0.15, 0.2) is 91.0 Å². The molecule has 3 aromatic carbocycles. The maximum absolute atomic E-state index is 13.2. The largest absolute Gasteiger partial charge is 0.467 e. The minimum atomic E-state index is -1.74. The Bertz CT molecular complexity index is 1090. The van der Waals surface area contributed by atoms with Gasteiger partial charge in [0, 0.05) is 0 Å². The fraction of sp³-hybridized carbons (Fsp3) is 0.192. The van der Waals surface area contributed by atoms with Crippen molar-refractivity contribution in [2.75, 3.05) is 7.11 Å². The van der Waals surface area contributed by atoms with Gasteiger partial charge in [-0.15, -0.1) is 0 Å². The fourth-order valence-electron chi connectivity index (χ4n) is 3.27. The molecule has 3 rings (SSSR count). The van der Waals surface area contributed by atoms with Crippen LogP contribution in [0.5, 0.6) is 0 Å². The first-order chi connectivity index (χ1) is 16.4. The van der Waals surface area contributed by atoms with E-state index in [1.165, 1.54) is 14.0 Å². The van der Waals surface area contributed by atoms with E-state index in [9.17, 15) is 14.4 Å². The molecule has 0 aliphatic heterocycles. The molecule has 0 aliphatic carbocycles. The summed E-state index contributed by atoms with van der Waals surface area (Å²) in [4.78, 5) is 38.8. The molecular weight excluding hydrogens is 436 g/mol. The van der Waals surface area contributed by atoms with Crippen molar-refractivity contribution in [2.45, 2.75) is 25.7 Å². The number of ether oxygens (including phenoxy) is 3. The Morgan fingerprint density at radius 3 is 1.74 bits per heavy atom. The van der Waals surface area contributed by atoms with Crippen LogP contribution in [0.2, 0.25) is 0 Å². The molecule has 0 heterocycles. The number of carbonyl (C=O) groups excluding carboxylic acids is 3. The van der Waals surface area contributed by atoms with Gasteiger partial charge in [-0.2, -0.15) is 5.01 Å². The van der Waals surface area contributed by atoms with Gasteiger partial charge in [-0.25, -0.2) is 19.8 Å². The van der Waals surface area contributed by atoms with Crippen LogP contribution in [0.4, 0.5) is 9.59 Å². The lowest BCUT2D eigenvalue weighted by molar-refractivity contribution is -0.156. The van der Waals surface area contributed by atoms with Gasteiger partial charge in [0.25, 0.3) is 0 Å². The molecule has 0 spiro atoms. The van der Waals surface area contributed by atoms with Crippen LogP contribution in [-0.4, -0.2) is 30.3 Å². The number of hydrazine groups is 1. The normalized spacial score (nSPS) is 12.1. The first kappa shape index (κ1) is 24.3. The van der Waals surface area contributed by atoms with Crippen LogP contribution in [-0.2, 0) is 37.8 Å².